The molecule has 0 aliphatic carbocycles. The second-order valence-electron chi connectivity index (χ2n) is 3.64. The van der Waals surface area contributed by atoms with Crippen LogP contribution in [-0.4, -0.2) is 39.9 Å². The minimum atomic E-state index is -0.232. The van der Waals surface area contributed by atoms with Crippen LogP contribution in [-0.2, 0) is 14.4 Å². The molecule has 0 atom stereocenters. The summed E-state index contributed by atoms with van der Waals surface area (Å²) in [6.45, 7) is 1.04. The third kappa shape index (κ3) is 6.64. The smallest absolute Gasteiger partial charge is 0.246 e. The molecule has 19 heavy (non-hydrogen) atoms. The predicted molar refractivity (Wildman–Crippen MR) is 69.1 cm³/mol. The molecule has 1 amide bonds. The Labute approximate surface area is 112 Å². The molecule has 6 nitrogen and oxygen atoms in total. The summed E-state index contributed by atoms with van der Waals surface area (Å²) in [5, 5.41) is 0. The number of hydrogen-bond donors (Lipinski definition) is 1. The highest BCUT2D eigenvalue weighted by atomic mass is 16.7. The van der Waals surface area contributed by atoms with E-state index in [1.54, 1.807) is 38.5 Å². The van der Waals surface area contributed by atoms with Crippen molar-refractivity contribution in [2.45, 2.75) is 6.42 Å². The van der Waals surface area contributed by atoms with Crippen LogP contribution in [0.1, 0.15) is 6.42 Å². The van der Waals surface area contributed by atoms with Gasteiger partial charge in [-0.3, -0.25) is 9.63 Å². The minimum Gasteiger partial charge on any atom is -0.497 e. The Balaban J connectivity index is 2.13. The van der Waals surface area contributed by atoms with Crippen molar-refractivity contribution in [3.8, 4) is 11.5 Å². The fourth-order valence-corrected chi connectivity index (χ4v) is 1.24. The number of hydroxylamine groups is 1. The van der Waals surface area contributed by atoms with Gasteiger partial charge in [-0.05, 0) is 24.3 Å². The Hall–Kier alpha value is -1.79. The normalized spacial score (nSPS) is 10.0. The molecule has 0 saturated carbocycles. The molecule has 1 aromatic carbocycles. The zero-order chi connectivity index (χ0) is 13.9. The van der Waals surface area contributed by atoms with Crippen LogP contribution in [0.25, 0.3) is 0 Å². The standard InChI is InChI=1S/C13H19NO5/c1-16-9-10-19-14-13(15)7-8-18-12-5-3-11(17-2)4-6-12/h3-6H,7-10H2,1-2H3,(H,14,15). The number of hydrogen-bond acceptors (Lipinski definition) is 5. The number of rotatable bonds is 9. The molecule has 0 bridgehead atoms. The lowest BCUT2D eigenvalue weighted by molar-refractivity contribution is -0.135. The molecule has 0 aromatic heterocycles. The molecule has 0 heterocycles. The molecule has 0 fully saturated rings. The predicted octanol–water partition coefficient (Wildman–Crippen LogP) is 1.16. The molecular formula is C13H19NO5. The lowest BCUT2D eigenvalue weighted by Crippen LogP contribution is -2.26. The maximum absolute atomic E-state index is 11.3. The van der Waals surface area contributed by atoms with Crippen molar-refractivity contribution in [2.24, 2.45) is 0 Å². The molecule has 0 aliphatic rings. The first-order chi connectivity index (χ1) is 9.26. The molecular weight excluding hydrogens is 250 g/mol. The van der Waals surface area contributed by atoms with Crippen LogP contribution in [0, 0.1) is 0 Å². The van der Waals surface area contributed by atoms with Gasteiger partial charge in [0.1, 0.15) is 11.5 Å². The van der Waals surface area contributed by atoms with E-state index >= 15 is 0 Å². The largest absolute Gasteiger partial charge is 0.497 e. The quantitative estimate of drug-likeness (QED) is 0.538. The number of carbonyl (C=O) groups is 1. The first kappa shape index (κ1) is 15.3. The Morgan fingerprint density at radius 3 is 2.37 bits per heavy atom. The van der Waals surface area contributed by atoms with Crippen LogP contribution < -0.4 is 15.0 Å². The van der Waals surface area contributed by atoms with E-state index in [1.807, 2.05) is 0 Å². The van der Waals surface area contributed by atoms with Crippen molar-refractivity contribution in [3.63, 3.8) is 0 Å². The summed E-state index contributed by atoms with van der Waals surface area (Å²) in [6.07, 6.45) is 0.221. The summed E-state index contributed by atoms with van der Waals surface area (Å²) in [6, 6.07) is 7.16. The summed E-state index contributed by atoms with van der Waals surface area (Å²) in [5.41, 5.74) is 2.30. The van der Waals surface area contributed by atoms with Crippen molar-refractivity contribution in [1.29, 1.82) is 0 Å². The number of methoxy groups -OCH3 is 2. The van der Waals surface area contributed by atoms with Gasteiger partial charge >= 0.3 is 0 Å². The molecule has 106 valence electrons. The van der Waals surface area contributed by atoms with E-state index in [9.17, 15) is 4.79 Å². The summed E-state index contributed by atoms with van der Waals surface area (Å²) < 4.78 is 15.2. The lowest BCUT2D eigenvalue weighted by atomic mass is 10.3. The summed E-state index contributed by atoms with van der Waals surface area (Å²) in [7, 11) is 3.16. The highest BCUT2D eigenvalue weighted by molar-refractivity contribution is 5.74. The van der Waals surface area contributed by atoms with Crippen molar-refractivity contribution in [3.05, 3.63) is 24.3 Å². The van der Waals surface area contributed by atoms with E-state index in [0.29, 0.717) is 19.0 Å². The van der Waals surface area contributed by atoms with E-state index in [0.717, 1.165) is 5.75 Å². The Morgan fingerprint density at radius 1 is 1.05 bits per heavy atom. The van der Waals surface area contributed by atoms with Crippen LogP contribution in [0.4, 0.5) is 0 Å². The molecule has 1 rings (SSSR count). The van der Waals surface area contributed by atoms with Gasteiger partial charge in [-0.1, -0.05) is 0 Å². The summed E-state index contributed by atoms with van der Waals surface area (Å²) in [5.74, 6) is 1.22. The molecule has 0 saturated heterocycles. The van der Waals surface area contributed by atoms with E-state index in [-0.39, 0.29) is 18.9 Å². The maximum Gasteiger partial charge on any atom is 0.246 e. The van der Waals surface area contributed by atoms with E-state index in [1.165, 1.54) is 0 Å². The SMILES string of the molecule is COCCONC(=O)CCOc1ccc(OC)cc1. The van der Waals surface area contributed by atoms with Gasteiger partial charge in [0.25, 0.3) is 0 Å². The number of ether oxygens (including phenoxy) is 3. The molecule has 1 N–H and O–H groups in total. The fourth-order valence-electron chi connectivity index (χ4n) is 1.24. The van der Waals surface area contributed by atoms with Gasteiger partial charge in [-0.25, -0.2) is 5.48 Å². The van der Waals surface area contributed by atoms with E-state index in [4.69, 9.17) is 19.0 Å². The Bertz CT molecular complexity index is 366. The van der Waals surface area contributed by atoms with Crippen molar-refractivity contribution in [2.75, 3.05) is 34.0 Å². The van der Waals surface area contributed by atoms with E-state index in [2.05, 4.69) is 5.48 Å². The molecule has 0 aliphatic heterocycles. The van der Waals surface area contributed by atoms with Gasteiger partial charge in [-0.15, -0.1) is 0 Å². The first-order valence-electron chi connectivity index (χ1n) is 5.92. The van der Waals surface area contributed by atoms with Crippen molar-refractivity contribution in [1.82, 2.24) is 5.48 Å². The third-order valence-corrected chi connectivity index (χ3v) is 2.23. The number of nitrogens with one attached hydrogen (secondary N) is 1. The fraction of sp³-hybridized carbons (Fsp3) is 0.462. The van der Waals surface area contributed by atoms with Gasteiger partial charge in [-0.2, -0.15) is 0 Å². The molecule has 1 aromatic rings. The zero-order valence-electron chi connectivity index (χ0n) is 11.2. The molecule has 0 spiro atoms. The highest BCUT2D eigenvalue weighted by Gasteiger charge is 2.02. The van der Waals surface area contributed by atoms with Crippen LogP contribution in [0.2, 0.25) is 0 Å². The number of carbonyl (C=O) groups excluding carboxylic acids is 1. The van der Waals surface area contributed by atoms with Gasteiger partial charge in [0, 0.05) is 7.11 Å². The maximum atomic E-state index is 11.3. The van der Waals surface area contributed by atoms with Crippen LogP contribution in [0.3, 0.4) is 0 Å². The average molecular weight is 269 g/mol. The minimum absolute atomic E-state index is 0.221. The van der Waals surface area contributed by atoms with Crippen LogP contribution in [0.5, 0.6) is 11.5 Å². The summed E-state index contributed by atoms with van der Waals surface area (Å²) in [4.78, 5) is 16.2. The van der Waals surface area contributed by atoms with Crippen molar-refractivity contribution < 1.29 is 23.8 Å². The van der Waals surface area contributed by atoms with E-state index < -0.39 is 0 Å². The number of benzene rings is 1. The van der Waals surface area contributed by atoms with Gasteiger partial charge in [0.2, 0.25) is 5.91 Å². The second kappa shape index (κ2) is 9.18. The van der Waals surface area contributed by atoms with Gasteiger partial charge in [0.15, 0.2) is 0 Å². The highest BCUT2D eigenvalue weighted by Crippen LogP contribution is 2.16. The Morgan fingerprint density at radius 2 is 1.74 bits per heavy atom. The monoisotopic (exact) mass is 269 g/mol. The molecule has 6 heteroatoms. The average Bonchev–Trinajstić information content (AvgIpc) is 2.44. The second-order valence-corrected chi connectivity index (χ2v) is 3.64. The van der Waals surface area contributed by atoms with Crippen molar-refractivity contribution >= 4 is 5.91 Å². The lowest BCUT2D eigenvalue weighted by Gasteiger charge is -2.08. The van der Waals surface area contributed by atoms with Crippen LogP contribution >= 0.6 is 0 Å². The Kier molecular flexibility index (Phi) is 7.38. The van der Waals surface area contributed by atoms with Gasteiger partial charge in [0.05, 0.1) is 33.4 Å². The molecule has 0 unspecified atom stereocenters. The molecule has 0 radical (unpaired) electrons. The summed E-state index contributed by atoms with van der Waals surface area (Å²) >= 11 is 0. The first-order valence-corrected chi connectivity index (χ1v) is 5.92. The van der Waals surface area contributed by atoms with Gasteiger partial charge < -0.3 is 14.2 Å². The zero-order valence-corrected chi connectivity index (χ0v) is 11.2. The number of amides is 1. The topological polar surface area (TPSA) is 66.0 Å². The van der Waals surface area contributed by atoms with Crippen LogP contribution in [0.15, 0.2) is 24.3 Å². The third-order valence-electron chi connectivity index (χ3n) is 2.23.